The van der Waals surface area contributed by atoms with Crippen LogP contribution >= 0.6 is 0 Å². The lowest BCUT2D eigenvalue weighted by Crippen LogP contribution is -2.66. The number of amides is 1. The van der Waals surface area contributed by atoms with Gasteiger partial charge in [-0.1, -0.05) is 310 Å². The van der Waals surface area contributed by atoms with Crippen LogP contribution in [0.1, 0.15) is 303 Å². The van der Waals surface area contributed by atoms with E-state index in [-0.39, 0.29) is 18.9 Å². The van der Waals surface area contributed by atoms with Crippen molar-refractivity contribution >= 4 is 5.91 Å². The van der Waals surface area contributed by atoms with Crippen molar-refractivity contribution in [2.24, 2.45) is 0 Å². The number of carbonyl (C=O) groups is 1. The van der Waals surface area contributed by atoms with Crippen LogP contribution in [0.3, 0.4) is 0 Å². The van der Waals surface area contributed by atoms with Crippen LogP contribution in [0.4, 0.5) is 0 Å². The molecule has 0 aromatic heterocycles. The summed E-state index contributed by atoms with van der Waals surface area (Å²) in [5.74, 6) is -0.286. The largest absolute Gasteiger partial charge is 0.394 e. The van der Waals surface area contributed by atoms with Crippen LogP contribution in [0.15, 0.2) is 97.2 Å². The number of rotatable bonds is 65. The van der Waals surface area contributed by atoms with Crippen molar-refractivity contribution in [1.29, 1.82) is 0 Å². The van der Waals surface area contributed by atoms with Crippen LogP contribution < -0.4 is 5.32 Å². The quantitative estimate of drug-likeness (QED) is 0.0199. The molecular formula is C85H149NO18. The van der Waals surface area contributed by atoms with Crippen molar-refractivity contribution in [3.63, 3.8) is 0 Å². The van der Waals surface area contributed by atoms with E-state index in [4.69, 9.17) is 28.4 Å². The Morgan fingerprint density at radius 2 is 0.673 bits per heavy atom. The highest BCUT2D eigenvalue weighted by Gasteiger charge is 2.54. The molecule has 0 radical (unpaired) electrons. The van der Waals surface area contributed by atoms with Gasteiger partial charge in [0.15, 0.2) is 18.9 Å². The average Bonchev–Trinajstić information content (AvgIpc) is 0.783. The van der Waals surface area contributed by atoms with E-state index in [1.807, 2.05) is 6.08 Å². The van der Waals surface area contributed by atoms with E-state index in [9.17, 15) is 61.0 Å². The number of ether oxygens (including phenoxy) is 6. The molecule has 3 rings (SSSR count). The molecule has 19 nitrogen and oxygen atoms in total. The number of nitrogens with one attached hydrogen (secondary N) is 1. The van der Waals surface area contributed by atoms with Crippen LogP contribution in [0.5, 0.6) is 0 Å². The standard InChI is InChI=1S/C85H149NO18/c1-3-5-7-9-11-13-15-17-19-21-23-25-27-29-31-32-33-34-35-36-37-39-41-43-45-47-49-51-53-55-57-59-61-63-73(91)86-68(69(90)62-60-58-56-54-52-50-48-46-44-42-40-38-30-28-26-24-22-20-18-16-14-12-10-8-6-4-2)67-99-83-79(97)76(94)81(71(65-88)101-83)104-85-80(98)77(95)82(72(66-89)102-85)103-84-78(96)75(93)74(92)70(64-87)100-84/h5,7,11,13,17,19,23,25,29,31,33-34,52,54,60,62,68-72,74-85,87-90,92-98H,3-4,6,8-10,12,14-16,18,20-22,24,26-28,30,32,35-51,53,55-59,61,63-67H2,1-2H3,(H,86,91)/b7-5-,13-11-,19-17-,25-23-,31-29-,34-33-,54-52+,62-60+. The van der Waals surface area contributed by atoms with E-state index in [0.717, 1.165) is 83.5 Å². The molecule has 3 aliphatic heterocycles. The molecule has 19 heteroatoms. The van der Waals surface area contributed by atoms with Crippen molar-refractivity contribution < 1.29 is 89.4 Å². The fourth-order valence-electron chi connectivity index (χ4n) is 13.5. The predicted molar refractivity (Wildman–Crippen MR) is 415 cm³/mol. The molecule has 3 saturated heterocycles. The van der Waals surface area contributed by atoms with Gasteiger partial charge in [0, 0.05) is 6.42 Å². The zero-order chi connectivity index (χ0) is 75.3. The molecule has 0 aliphatic carbocycles. The Kier molecular flexibility index (Phi) is 58.9. The van der Waals surface area contributed by atoms with Gasteiger partial charge in [-0.05, 0) is 83.5 Å². The second kappa shape index (κ2) is 64.5. The molecule has 12 N–H and O–H groups in total. The van der Waals surface area contributed by atoms with Crippen molar-refractivity contribution in [3.8, 4) is 0 Å². The maximum Gasteiger partial charge on any atom is 0.220 e. The third-order valence-electron chi connectivity index (χ3n) is 20.1. The fourth-order valence-corrected chi connectivity index (χ4v) is 13.5. The van der Waals surface area contributed by atoms with Gasteiger partial charge in [0.25, 0.3) is 0 Å². The fraction of sp³-hybridized carbons (Fsp3) is 0.800. The zero-order valence-electron chi connectivity index (χ0n) is 64.5. The smallest absolute Gasteiger partial charge is 0.220 e. The summed E-state index contributed by atoms with van der Waals surface area (Å²) in [6, 6.07) is -0.997. The van der Waals surface area contributed by atoms with Crippen LogP contribution in [-0.2, 0) is 33.2 Å². The molecule has 3 fully saturated rings. The van der Waals surface area contributed by atoms with E-state index >= 15 is 0 Å². The Labute approximate surface area is 628 Å². The number of allylic oxidation sites excluding steroid dienone is 15. The monoisotopic (exact) mass is 1470 g/mol. The van der Waals surface area contributed by atoms with Crippen LogP contribution in [-0.4, -0.2) is 193 Å². The zero-order valence-corrected chi connectivity index (χ0v) is 64.5. The Hall–Kier alpha value is -3.29. The van der Waals surface area contributed by atoms with E-state index < -0.39 is 124 Å². The minimum Gasteiger partial charge on any atom is -0.394 e. The maximum atomic E-state index is 13.5. The van der Waals surface area contributed by atoms with E-state index in [1.165, 1.54) is 186 Å². The molecule has 1 amide bonds. The first kappa shape index (κ1) is 94.9. The normalized spacial score (nSPS) is 26.4. The van der Waals surface area contributed by atoms with Crippen molar-refractivity contribution in [3.05, 3.63) is 97.2 Å². The SMILES string of the molecule is CC/C=C\C/C=C\C/C=C\C/C=C\C/C=C\C/C=C\CCCCCCCCCCCCCCCCC(=O)NC(COC1OC(CO)C(OC2OC(CO)C(OC3OC(CO)C(O)C(O)C3O)C(O)C2O)C(O)C1O)C(O)/C=C/CC/C=C/CCCCCCCCCCCCCCCCCCCCCC. The molecule has 17 unspecified atom stereocenters. The van der Waals surface area contributed by atoms with Gasteiger partial charge < -0.3 is 89.9 Å². The first-order valence-electron chi connectivity index (χ1n) is 41.5. The second-order valence-electron chi connectivity index (χ2n) is 29.2. The Bertz CT molecular complexity index is 2260. The van der Waals surface area contributed by atoms with E-state index in [0.29, 0.717) is 12.8 Å². The highest BCUT2D eigenvalue weighted by Crippen LogP contribution is 2.33. The summed E-state index contributed by atoms with van der Waals surface area (Å²) < 4.78 is 34.5. The lowest BCUT2D eigenvalue weighted by molar-refractivity contribution is -0.379. The topological polar surface area (TPSA) is 307 Å². The lowest BCUT2D eigenvalue weighted by Gasteiger charge is -2.48. The minimum atomic E-state index is -1.99. The van der Waals surface area contributed by atoms with Gasteiger partial charge in [-0.3, -0.25) is 4.79 Å². The molecule has 0 saturated carbocycles. The molecule has 104 heavy (non-hydrogen) atoms. The Morgan fingerprint density at radius 1 is 0.356 bits per heavy atom. The van der Waals surface area contributed by atoms with Gasteiger partial charge in [-0.2, -0.15) is 0 Å². The van der Waals surface area contributed by atoms with Crippen molar-refractivity contribution in [1.82, 2.24) is 5.32 Å². The maximum absolute atomic E-state index is 13.5. The highest BCUT2D eigenvalue weighted by molar-refractivity contribution is 5.76. The summed E-state index contributed by atoms with van der Waals surface area (Å²) in [4.78, 5) is 13.5. The van der Waals surface area contributed by atoms with E-state index in [1.54, 1.807) is 6.08 Å². The summed E-state index contributed by atoms with van der Waals surface area (Å²) in [7, 11) is 0. The van der Waals surface area contributed by atoms with Gasteiger partial charge in [-0.15, -0.1) is 0 Å². The number of hydrogen-bond donors (Lipinski definition) is 12. The van der Waals surface area contributed by atoms with Crippen molar-refractivity contribution in [2.45, 2.75) is 407 Å². The molecule has 3 aliphatic rings. The molecular weight excluding hydrogens is 1320 g/mol. The minimum absolute atomic E-state index is 0.230. The molecule has 0 aromatic carbocycles. The number of aliphatic hydroxyl groups is 11. The number of hydrogen-bond acceptors (Lipinski definition) is 18. The second-order valence-corrected chi connectivity index (χ2v) is 29.2. The van der Waals surface area contributed by atoms with Crippen LogP contribution in [0, 0.1) is 0 Å². The van der Waals surface area contributed by atoms with Gasteiger partial charge >= 0.3 is 0 Å². The third kappa shape index (κ3) is 43.8. The molecule has 0 spiro atoms. The highest BCUT2D eigenvalue weighted by atomic mass is 16.8. The summed E-state index contributed by atoms with van der Waals surface area (Å²) in [6.07, 6.45) is 61.1. The number of carbonyl (C=O) groups excluding carboxylic acids is 1. The summed E-state index contributed by atoms with van der Waals surface area (Å²) >= 11 is 0. The van der Waals surface area contributed by atoms with Gasteiger partial charge in [0.05, 0.1) is 38.6 Å². The Balaban J connectivity index is 1.37. The first-order chi connectivity index (χ1) is 50.8. The predicted octanol–water partition coefficient (Wildman–Crippen LogP) is 14.3. The lowest BCUT2D eigenvalue weighted by atomic mass is 9.96. The molecule has 602 valence electrons. The summed E-state index contributed by atoms with van der Waals surface area (Å²) in [6.45, 7) is 1.63. The van der Waals surface area contributed by atoms with Crippen LogP contribution in [0.25, 0.3) is 0 Å². The van der Waals surface area contributed by atoms with Gasteiger partial charge in [0.1, 0.15) is 73.2 Å². The number of unbranched alkanes of at least 4 members (excludes halogenated alkanes) is 35. The third-order valence-corrected chi connectivity index (χ3v) is 20.1. The van der Waals surface area contributed by atoms with Crippen LogP contribution in [0.2, 0.25) is 0 Å². The molecule has 17 atom stereocenters. The Morgan fingerprint density at radius 3 is 1.08 bits per heavy atom. The summed E-state index contributed by atoms with van der Waals surface area (Å²) in [5, 5.41) is 121. The first-order valence-corrected chi connectivity index (χ1v) is 41.5. The van der Waals surface area contributed by atoms with Gasteiger partial charge in [0.2, 0.25) is 5.91 Å². The number of aliphatic hydroxyl groups excluding tert-OH is 11. The van der Waals surface area contributed by atoms with Gasteiger partial charge in [-0.25, -0.2) is 0 Å². The van der Waals surface area contributed by atoms with Crippen molar-refractivity contribution in [2.75, 3.05) is 26.4 Å². The van der Waals surface area contributed by atoms with E-state index in [2.05, 4.69) is 104 Å². The molecule has 3 heterocycles. The summed E-state index contributed by atoms with van der Waals surface area (Å²) in [5.41, 5.74) is 0. The molecule has 0 aromatic rings. The molecule has 0 bridgehead atoms. The average molecular weight is 1470 g/mol.